The number of carbonyl (C=O) groups is 2. The Kier molecular flexibility index (Phi) is 9.65. The van der Waals surface area contributed by atoms with Crippen LogP contribution < -0.4 is 10.5 Å². The number of benzene rings is 2. The molecule has 0 saturated carbocycles. The normalized spacial score (nSPS) is 20.1. The van der Waals surface area contributed by atoms with E-state index in [1.165, 1.54) is 12.1 Å². The number of piperazine rings is 1. The lowest BCUT2D eigenvalue weighted by molar-refractivity contribution is -0.141. The van der Waals surface area contributed by atoms with E-state index < -0.39 is 21.6 Å². The Hall–Kier alpha value is -3.32. The Balaban J connectivity index is 1.54. The lowest BCUT2D eigenvalue weighted by atomic mass is 9.82. The van der Waals surface area contributed by atoms with Crippen LogP contribution in [0, 0.1) is 11.3 Å². The molecule has 2 fully saturated rings. The zero-order chi connectivity index (χ0) is 31.6. The van der Waals surface area contributed by atoms with Gasteiger partial charge in [0.25, 0.3) is 0 Å². The number of hydrogen-bond acceptors (Lipinski definition) is 5. The number of rotatable bonds is 7. The van der Waals surface area contributed by atoms with Crippen LogP contribution in [0.3, 0.4) is 0 Å². The maximum absolute atomic E-state index is 13.6. The number of amides is 3. The molecule has 2 saturated heterocycles. The van der Waals surface area contributed by atoms with Gasteiger partial charge in [-0.05, 0) is 47.4 Å². The van der Waals surface area contributed by atoms with Crippen LogP contribution in [0.15, 0.2) is 54.6 Å². The minimum atomic E-state index is -5.53. The average molecular weight is 624 g/mol. The summed E-state index contributed by atoms with van der Waals surface area (Å²) in [5, 5.41) is 0. The predicted octanol–water partition coefficient (Wildman–Crippen LogP) is 4.78. The number of anilines is 1. The molecule has 2 heterocycles. The Labute approximate surface area is 251 Å². The first-order valence-corrected chi connectivity index (χ1v) is 15.9. The number of alkyl halides is 3. The van der Waals surface area contributed by atoms with Crippen molar-refractivity contribution < 1.29 is 31.2 Å². The molecule has 0 aliphatic carbocycles. The maximum Gasteiger partial charge on any atom is 0.516 e. The minimum absolute atomic E-state index is 0.0923. The molecule has 236 valence electrons. The lowest BCUT2D eigenvalue weighted by Crippen LogP contribution is -2.60. The van der Waals surface area contributed by atoms with Crippen LogP contribution in [0.4, 0.5) is 23.7 Å². The van der Waals surface area contributed by atoms with Crippen molar-refractivity contribution in [1.82, 2.24) is 14.7 Å². The first kappa shape index (κ1) is 32.6. The van der Waals surface area contributed by atoms with Gasteiger partial charge in [-0.15, -0.1) is 0 Å². The standard InChI is InChI=1S/C30H40F3N5O4S/c1-29(2,3)25-20-37(17-18-38(25)26(39)19-21-13-15-36(16-14-21)28(34)40)27(22-7-5-4-6-8-22)23-9-11-24(12-10-23)35-43(41,42)30(31,32)33/h4-12,21,25,27,35H,13-20H2,1-3H3,(H2,34,40)/t25-,27?/m1/s1. The van der Waals surface area contributed by atoms with Gasteiger partial charge in [0.05, 0.1) is 6.04 Å². The maximum atomic E-state index is 13.6. The molecule has 0 bridgehead atoms. The summed E-state index contributed by atoms with van der Waals surface area (Å²) in [5.41, 5.74) is 1.32. The van der Waals surface area contributed by atoms with Crippen molar-refractivity contribution >= 4 is 27.6 Å². The summed E-state index contributed by atoms with van der Waals surface area (Å²) in [5.74, 6) is 0.279. The number of urea groups is 1. The molecule has 0 radical (unpaired) electrons. The number of nitrogens with one attached hydrogen (secondary N) is 1. The summed E-state index contributed by atoms with van der Waals surface area (Å²) >= 11 is 0. The SMILES string of the molecule is CC(C)(C)[C@H]1CN(C(c2ccccc2)c2ccc(NS(=O)(=O)C(F)(F)F)cc2)CCN1C(=O)CC1CCN(C(N)=O)CC1. The van der Waals surface area contributed by atoms with Gasteiger partial charge < -0.3 is 15.5 Å². The lowest BCUT2D eigenvalue weighted by Gasteiger charge is -2.50. The van der Waals surface area contributed by atoms with Crippen LogP contribution in [-0.4, -0.2) is 79.3 Å². The van der Waals surface area contributed by atoms with Gasteiger partial charge in [0.15, 0.2) is 0 Å². The summed E-state index contributed by atoms with van der Waals surface area (Å²) in [7, 11) is -5.53. The van der Waals surface area contributed by atoms with Gasteiger partial charge in [0.2, 0.25) is 5.91 Å². The number of nitrogens with zero attached hydrogens (tertiary/aromatic N) is 3. The zero-order valence-corrected chi connectivity index (χ0v) is 25.5. The molecule has 3 amide bonds. The van der Waals surface area contributed by atoms with Crippen LogP contribution in [0.5, 0.6) is 0 Å². The highest BCUT2D eigenvalue weighted by molar-refractivity contribution is 7.93. The van der Waals surface area contributed by atoms with E-state index in [-0.39, 0.29) is 35.0 Å². The second kappa shape index (κ2) is 12.7. The fraction of sp³-hybridized carbons (Fsp3) is 0.533. The van der Waals surface area contributed by atoms with E-state index in [1.54, 1.807) is 21.8 Å². The number of carbonyl (C=O) groups excluding carboxylic acids is 2. The summed E-state index contributed by atoms with van der Waals surface area (Å²) in [6.45, 7) is 9.06. The third-order valence-corrected chi connectivity index (χ3v) is 9.50. The van der Waals surface area contributed by atoms with Gasteiger partial charge >= 0.3 is 21.6 Å². The molecule has 3 N–H and O–H groups in total. The average Bonchev–Trinajstić information content (AvgIpc) is 2.93. The van der Waals surface area contributed by atoms with E-state index in [0.29, 0.717) is 39.1 Å². The number of halogens is 3. The van der Waals surface area contributed by atoms with E-state index in [1.807, 2.05) is 35.2 Å². The highest BCUT2D eigenvalue weighted by Gasteiger charge is 2.46. The highest BCUT2D eigenvalue weighted by Crippen LogP contribution is 2.36. The smallest absolute Gasteiger partial charge is 0.351 e. The summed E-state index contributed by atoms with van der Waals surface area (Å²) in [6, 6.07) is 14.8. The van der Waals surface area contributed by atoms with E-state index >= 15 is 0 Å². The zero-order valence-electron chi connectivity index (χ0n) is 24.7. The fourth-order valence-electron chi connectivity index (χ4n) is 6.00. The van der Waals surface area contributed by atoms with Crippen molar-refractivity contribution in [2.24, 2.45) is 17.1 Å². The fourth-order valence-corrected chi connectivity index (χ4v) is 6.56. The van der Waals surface area contributed by atoms with Crippen LogP contribution in [-0.2, 0) is 14.8 Å². The van der Waals surface area contributed by atoms with E-state index in [4.69, 9.17) is 5.73 Å². The summed E-state index contributed by atoms with van der Waals surface area (Å²) in [4.78, 5) is 31.0. The van der Waals surface area contributed by atoms with Crippen molar-refractivity contribution in [1.29, 1.82) is 0 Å². The first-order chi connectivity index (χ1) is 20.1. The summed E-state index contributed by atoms with van der Waals surface area (Å²) < 4.78 is 63.4. The van der Waals surface area contributed by atoms with Crippen molar-refractivity contribution in [2.75, 3.05) is 37.4 Å². The number of piperidine rings is 1. The van der Waals surface area contributed by atoms with Gasteiger partial charge in [-0.25, -0.2) is 4.79 Å². The molecule has 0 aromatic heterocycles. The molecule has 2 aromatic rings. The molecular formula is C30H40F3N5O4S. The number of primary amides is 1. The number of sulfonamides is 1. The molecule has 2 atom stereocenters. The highest BCUT2D eigenvalue weighted by atomic mass is 32.2. The molecule has 2 aliphatic heterocycles. The van der Waals surface area contributed by atoms with E-state index in [2.05, 4.69) is 25.7 Å². The van der Waals surface area contributed by atoms with Crippen molar-refractivity contribution in [3.05, 3.63) is 65.7 Å². The van der Waals surface area contributed by atoms with E-state index in [9.17, 15) is 31.2 Å². The molecule has 4 rings (SSSR count). The second-order valence-electron chi connectivity index (χ2n) is 12.4. The minimum Gasteiger partial charge on any atom is -0.351 e. The van der Waals surface area contributed by atoms with Gasteiger partial charge in [0.1, 0.15) is 0 Å². The second-order valence-corrected chi connectivity index (χ2v) is 14.1. The Morgan fingerprint density at radius 3 is 2.05 bits per heavy atom. The Morgan fingerprint density at radius 2 is 1.51 bits per heavy atom. The molecule has 43 heavy (non-hydrogen) atoms. The van der Waals surface area contributed by atoms with E-state index in [0.717, 1.165) is 24.0 Å². The first-order valence-electron chi connectivity index (χ1n) is 14.4. The number of nitrogens with two attached hydrogens (primary N) is 1. The van der Waals surface area contributed by atoms with Gasteiger partial charge in [-0.3, -0.25) is 14.4 Å². The Bertz CT molecular complexity index is 1370. The topological polar surface area (TPSA) is 116 Å². The summed E-state index contributed by atoms with van der Waals surface area (Å²) in [6.07, 6.45) is 1.89. The molecule has 13 heteroatoms. The molecule has 0 spiro atoms. The van der Waals surface area contributed by atoms with Crippen LogP contribution in [0.2, 0.25) is 0 Å². The molecule has 1 unspecified atom stereocenters. The molecule has 2 aromatic carbocycles. The molecular weight excluding hydrogens is 583 g/mol. The van der Waals surface area contributed by atoms with Crippen LogP contribution >= 0.6 is 0 Å². The number of hydrogen-bond donors (Lipinski definition) is 2. The third-order valence-electron chi connectivity index (χ3n) is 8.39. The van der Waals surface area contributed by atoms with Crippen molar-refractivity contribution in [2.45, 2.75) is 57.6 Å². The predicted molar refractivity (Wildman–Crippen MR) is 158 cm³/mol. The van der Waals surface area contributed by atoms with Crippen LogP contribution in [0.25, 0.3) is 0 Å². The third kappa shape index (κ3) is 7.80. The number of likely N-dealkylation sites (tertiary alicyclic amines) is 1. The van der Waals surface area contributed by atoms with Crippen molar-refractivity contribution in [3.8, 4) is 0 Å². The van der Waals surface area contributed by atoms with Crippen LogP contribution in [0.1, 0.15) is 57.2 Å². The monoisotopic (exact) mass is 623 g/mol. The molecule has 9 nitrogen and oxygen atoms in total. The Morgan fingerprint density at radius 1 is 0.930 bits per heavy atom. The van der Waals surface area contributed by atoms with Crippen molar-refractivity contribution in [3.63, 3.8) is 0 Å². The van der Waals surface area contributed by atoms with Gasteiger partial charge in [-0.1, -0.05) is 63.2 Å². The van der Waals surface area contributed by atoms with Gasteiger partial charge in [-0.2, -0.15) is 21.6 Å². The largest absolute Gasteiger partial charge is 0.516 e. The van der Waals surface area contributed by atoms with Gasteiger partial charge in [0, 0.05) is 50.9 Å². The quantitative estimate of drug-likeness (QED) is 0.461. The molecule has 2 aliphatic rings.